The van der Waals surface area contributed by atoms with Gasteiger partial charge in [-0.25, -0.2) is 0 Å². The van der Waals surface area contributed by atoms with E-state index in [0.717, 1.165) is 4.88 Å². The third-order valence-corrected chi connectivity index (χ3v) is 3.65. The fourth-order valence-electron chi connectivity index (χ4n) is 1.82. The van der Waals surface area contributed by atoms with Crippen LogP contribution >= 0.6 is 11.3 Å². The van der Waals surface area contributed by atoms with Crippen LogP contribution in [-0.4, -0.2) is 39.3 Å². The molecule has 2 aromatic rings. The highest BCUT2D eigenvalue weighted by Gasteiger charge is 2.22. The van der Waals surface area contributed by atoms with Crippen LogP contribution in [0.25, 0.3) is 10.8 Å². The van der Waals surface area contributed by atoms with E-state index in [0.29, 0.717) is 24.7 Å². The summed E-state index contributed by atoms with van der Waals surface area (Å²) >= 11 is 1.52. The normalized spacial score (nSPS) is 12.8. The van der Waals surface area contributed by atoms with Crippen molar-refractivity contribution >= 4 is 17.3 Å². The van der Waals surface area contributed by atoms with Crippen molar-refractivity contribution in [1.29, 1.82) is 0 Å². The first-order valence-electron chi connectivity index (χ1n) is 5.91. The molecule has 0 saturated carbocycles. The Morgan fingerprint density at radius 1 is 1.58 bits per heavy atom. The molecule has 2 heterocycles. The number of hydrogen-bond donors (Lipinski definition) is 1. The van der Waals surface area contributed by atoms with Crippen LogP contribution in [0.2, 0.25) is 0 Å². The summed E-state index contributed by atoms with van der Waals surface area (Å²) in [6.07, 6.45) is 0.526. The second kappa shape index (κ2) is 5.94. The summed E-state index contributed by atoms with van der Waals surface area (Å²) in [6.45, 7) is 2.16. The number of aromatic nitrogens is 2. The van der Waals surface area contributed by atoms with E-state index >= 15 is 0 Å². The number of rotatable bonds is 6. The minimum atomic E-state index is -0.844. The second-order valence-electron chi connectivity index (χ2n) is 4.16. The summed E-state index contributed by atoms with van der Waals surface area (Å²) in [7, 11) is 1.73. The number of carboxylic acids is 1. The van der Waals surface area contributed by atoms with E-state index in [1.807, 2.05) is 24.4 Å². The van der Waals surface area contributed by atoms with Crippen LogP contribution < -0.4 is 0 Å². The molecule has 2 aromatic heterocycles. The smallest absolute Gasteiger partial charge is 0.320 e. The van der Waals surface area contributed by atoms with Crippen molar-refractivity contribution in [1.82, 2.24) is 15.1 Å². The van der Waals surface area contributed by atoms with Gasteiger partial charge < -0.3 is 9.52 Å². The van der Waals surface area contributed by atoms with Gasteiger partial charge in [-0.3, -0.25) is 9.69 Å². The summed E-state index contributed by atoms with van der Waals surface area (Å²) < 4.78 is 5.53. The van der Waals surface area contributed by atoms with Gasteiger partial charge in [-0.15, -0.1) is 21.5 Å². The fourth-order valence-corrected chi connectivity index (χ4v) is 2.46. The number of aliphatic carboxylic acids is 1. The molecule has 0 spiro atoms. The molecule has 0 fully saturated rings. The summed E-state index contributed by atoms with van der Waals surface area (Å²) in [4.78, 5) is 13.6. The molecular formula is C12H15N3O3S. The minimum Gasteiger partial charge on any atom is -0.480 e. The molecule has 0 aliphatic carbocycles. The lowest BCUT2D eigenvalue weighted by Crippen LogP contribution is -2.37. The number of carbonyl (C=O) groups is 1. The Balaban J connectivity index is 2.06. The number of carboxylic acid groups (broad SMARTS) is 1. The maximum atomic E-state index is 11.0. The second-order valence-corrected chi connectivity index (χ2v) is 5.10. The molecule has 1 N–H and O–H groups in total. The molecular weight excluding hydrogens is 266 g/mol. The molecule has 0 aliphatic heterocycles. The highest BCUT2D eigenvalue weighted by atomic mass is 32.1. The lowest BCUT2D eigenvalue weighted by atomic mass is 10.2. The molecule has 7 heteroatoms. The topological polar surface area (TPSA) is 79.5 Å². The number of likely N-dealkylation sites (N-methyl/N-ethyl adjacent to an activating group) is 1. The van der Waals surface area contributed by atoms with Gasteiger partial charge in [0.25, 0.3) is 5.89 Å². The summed E-state index contributed by atoms with van der Waals surface area (Å²) in [5.74, 6) is 0.0513. The Bertz CT molecular complexity index is 538. The fraction of sp³-hybridized carbons (Fsp3) is 0.417. The van der Waals surface area contributed by atoms with Gasteiger partial charge in [0.2, 0.25) is 5.89 Å². The predicted octanol–water partition coefficient (Wildman–Crippen LogP) is 2.09. The Kier molecular flexibility index (Phi) is 4.28. The van der Waals surface area contributed by atoms with E-state index < -0.39 is 12.0 Å². The lowest BCUT2D eigenvalue weighted by Gasteiger charge is -2.21. The Morgan fingerprint density at radius 3 is 2.95 bits per heavy atom. The third kappa shape index (κ3) is 3.18. The molecule has 2 rings (SSSR count). The van der Waals surface area contributed by atoms with Gasteiger partial charge in [0, 0.05) is 0 Å². The van der Waals surface area contributed by atoms with Crippen LogP contribution in [0.15, 0.2) is 21.9 Å². The molecule has 6 nitrogen and oxygen atoms in total. The SMILES string of the molecule is CCC(C(=O)O)N(C)Cc1nnc(-c2cccs2)o1. The summed E-state index contributed by atoms with van der Waals surface area (Å²) in [6, 6.07) is 3.27. The molecule has 0 aromatic carbocycles. The molecule has 0 amide bonds. The molecule has 0 saturated heterocycles. The van der Waals surface area contributed by atoms with Crippen molar-refractivity contribution < 1.29 is 14.3 Å². The van der Waals surface area contributed by atoms with E-state index in [-0.39, 0.29) is 0 Å². The molecule has 1 unspecified atom stereocenters. The van der Waals surface area contributed by atoms with Crippen molar-refractivity contribution in [3.05, 3.63) is 23.4 Å². The van der Waals surface area contributed by atoms with Gasteiger partial charge in [-0.1, -0.05) is 13.0 Å². The molecule has 19 heavy (non-hydrogen) atoms. The van der Waals surface area contributed by atoms with Crippen LogP contribution in [0.4, 0.5) is 0 Å². The standard InChI is InChI=1S/C12H15N3O3S/c1-3-8(12(16)17)15(2)7-10-13-14-11(18-10)9-5-4-6-19-9/h4-6,8H,3,7H2,1-2H3,(H,16,17). The number of hydrogen-bond acceptors (Lipinski definition) is 6. The molecule has 0 radical (unpaired) electrons. The zero-order valence-corrected chi connectivity index (χ0v) is 11.6. The summed E-state index contributed by atoms with van der Waals surface area (Å²) in [5.41, 5.74) is 0. The number of thiophene rings is 1. The first kappa shape index (κ1) is 13.7. The maximum Gasteiger partial charge on any atom is 0.320 e. The summed E-state index contributed by atoms with van der Waals surface area (Å²) in [5, 5.41) is 18.9. The molecule has 0 bridgehead atoms. The lowest BCUT2D eigenvalue weighted by molar-refractivity contribution is -0.143. The zero-order valence-electron chi connectivity index (χ0n) is 10.7. The van der Waals surface area contributed by atoms with Crippen molar-refractivity contribution in [3.63, 3.8) is 0 Å². The molecule has 1 atom stereocenters. The Hall–Kier alpha value is -1.73. The highest BCUT2D eigenvalue weighted by molar-refractivity contribution is 7.13. The van der Waals surface area contributed by atoms with Crippen LogP contribution in [0, 0.1) is 0 Å². The van der Waals surface area contributed by atoms with E-state index in [4.69, 9.17) is 9.52 Å². The maximum absolute atomic E-state index is 11.0. The van der Waals surface area contributed by atoms with Crippen LogP contribution in [0.3, 0.4) is 0 Å². The van der Waals surface area contributed by atoms with Crippen molar-refractivity contribution in [2.24, 2.45) is 0 Å². The van der Waals surface area contributed by atoms with Gasteiger partial charge in [0.15, 0.2) is 0 Å². The van der Waals surface area contributed by atoms with Crippen molar-refractivity contribution in [2.45, 2.75) is 25.9 Å². The highest BCUT2D eigenvalue weighted by Crippen LogP contribution is 2.23. The van der Waals surface area contributed by atoms with E-state index in [1.54, 1.807) is 11.9 Å². The van der Waals surface area contributed by atoms with Gasteiger partial charge in [-0.05, 0) is 24.9 Å². The minimum absolute atomic E-state index is 0.323. The first-order valence-corrected chi connectivity index (χ1v) is 6.79. The van der Waals surface area contributed by atoms with Gasteiger partial charge >= 0.3 is 5.97 Å². The van der Waals surface area contributed by atoms with Crippen LogP contribution in [-0.2, 0) is 11.3 Å². The Labute approximate surface area is 114 Å². The van der Waals surface area contributed by atoms with Crippen LogP contribution in [0.5, 0.6) is 0 Å². The van der Waals surface area contributed by atoms with Crippen LogP contribution in [0.1, 0.15) is 19.2 Å². The van der Waals surface area contributed by atoms with Gasteiger partial charge in [0.05, 0.1) is 11.4 Å². The largest absolute Gasteiger partial charge is 0.480 e. The predicted molar refractivity (Wildman–Crippen MR) is 70.8 cm³/mol. The van der Waals surface area contributed by atoms with Gasteiger partial charge in [-0.2, -0.15) is 0 Å². The first-order chi connectivity index (χ1) is 9.11. The number of nitrogens with zero attached hydrogens (tertiary/aromatic N) is 3. The zero-order chi connectivity index (χ0) is 13.8. The monoisotopic (exact) mass is 281 g/mol. The average molecular weight is 281 g/mol. The van der Waals surface area contributed by atoms with E-state index in [1.165, 1.54) is 11.3 Å². The quantitative estimate of drug-likeness (QED) is 0.873. The van der Waals surface area contributed by atoms with Crippen molar-refractivity contribution in [2.75, 3.05) is 7.05 Å². The Morgan fingerprint density at radius 2 is 2.37 bits per heavy atom. The van der Waals surface area contributed by atoms with E-state index in [2.05, 4.69) is 10.2 Å². The third-order valence-electron chi connectivity index (χ3n) is 2.79. The molecule has 0 aliphatic rings. The van der Waals surface area contributed by atoms with Gasteiger partial charge in [0.1, 0.15) is 6.04 Å². The average Bonchev–Trinajstić information content (AvgIpc) is 2.98. The van der Waals surface area contributed by atoms with E-state index in [9.17, 15) is 4.79 Å². The molecule has 102 valence electrons. The van der Waals surface area contributed by atoms with Crippen molar-refractivity contribution in [3.8, 4) is 10.8 Å².